The van der Waals surface area contributed by atoms with Crippen LogP contribution in [-0.2, 0) is 18.4 Å². The summed E-state index contributed by atoms with van der Waals surface area (Å²) in [5.74, 6) is 0.904. The van der Waals surface area contributed by atoms with Gasteiger partial charge in [-0.1, -0.05) is 0 Å². The van der Waals surface area contributed by atoms with Crippen molar-refractivity contribution in [2.45, 2.75) is 32.4 Å². The first-order valence-electron chi connectivity index (χ1n) is 5.28. The van der Waals surface area contributed by atoms with E-state index in [2.05, 4.69) is 4.98 Å². The van der Waals surface area contributed by atoms with Gasteiger partial charge in [0, 0.05) is 38.4 Å². The van der Waals surface area contributed by atoms with Gasteiger partial charge in [0.25, 0.3) is 0 Å². The first kappa shape index (κ1) is 12.7. The lowest BCUT2D eigenvalue weighted by atomic mass is 10.0. The molecular weight excluding hydrogens is 204 g/mol. The van der Waals surface area contributed by atoms with Crippen molar-refractivity contribution in [3.05, 3.63) is 18.2 Å². The van der Waals surface area contributed by atoms with Crippen LogP contribution in [0.1, 0.15) is 26.1 Å². The Bertz CT molecular complexity index is 364. The Hall–Kier alpha value is -1.36. The predicted octanol–water partition coefficient (Wildman–Crippen LogP) is 0.506. The summed E-state index contributed by atoms with van der Waals surface area (Å²) in [6.07, 6.45) is 3.93. The number of carbonyl (C=O) groups is 1. The average molecular weight is 224 g/mol. The van der Waals surface area contributed by atoms with Crippen molar-refractivity contribution >= 4 is 5.91 Å². The third kappa shape index (κ3) is 3.66. The van der Waals surface area contributed by atoms with Gasteiger partial charge in [0.1, 0.15) is 5.82 Å². The van der Waals surface area contributed by atoms with Crippen LogP contribution in [-0.4, -0.2) is 32.9 Å². The Morgan fingerprint density at radius 3 is 2.69 bits per heavy atom. The first-order chi connectivity index (χ1) is 7.29. The minimum Gasteiger partial charge on any atom is -0.338 e. The van der Waals surface area contributed by atoms with Crippen molar-refractivity contribution in [1.29, 1.82) is 0 Å². The second kappa shape index (κ2) is 4.65. The molecule has 1 aromatic heterocycles. The van der Waals surface area contributed by atoms with Crippen LogP contribution in [0.3, 0.4) is 0 Å². The van der Waals surface area contributed by atoms with Gasteiger partial charge in [0.15, 0.2) is 0 Å². The number of aryl methyl sites for hydroxylation is 1. The normalized spacial score (nSPS) is 11.6. The molecule has 1 aromatic rings. The summed E-state index contributed by atoms with van der Waals surface area (Å²) in [7, 11) is 3.68. The van der Waals surface area contributed by atoms with Crippen LogP contribution in [0.2, 0.25) is 0 Å². The molecule has 2 N–H and O–H groups in total. The van der Waals surface area contributed by atoms with E-state index in [1.165, 1.54) is 0 Å². The van der Waals surface area contributed by atoms with Gasteiger partial charge in [-0.25, -0.2) is 4.98 Å². The van der Waals surface area contributed by atoms with E-state index in [1.807, 2.05) is 31.7 Å². The quantitative estimate of drug-likeness (QED) is 0.810. The maximum Gasteiger partial charge on any atom is 0.224 e. The number of imidazole rings is 1. The van der Waals surface area contributed by atoms with Crippen LogP contribution in [0.4, 0.5) is 0 Å². The Morgan fingerprint density at radius 2 is 2.25 bits per heavy atom. The third-order valence-electron chi connectivity index (χ3n) is 2.33. The summed E-state index contributed by atoms with van der Waals surface area (Å²) in [6, 6.07) is 0. The number of rotatable bonds is 4. The molecule has 0 aliphatic carbocycles. The number of hydrogen-bond acceptors (Lipinski definition) is 3. The summed E-state index contributed by atoms with van der Waals surface area (Å²) < 4.78 is 1.90. The highest BCUT2D eigenvalue weighted by Gasteiger charge is 2.20. The highest BCUT2D eigenvalue weighted by molar-refractivity contribution is 5.76. The van der Waals surface area contributed by atoms with Crippen molar-refractivity contribution < 1.29 is 4.79 Å². The molecule has 0 saturated carbocycles. The molecule has 1 amide bonds. The van der Waals surface area contributed by atoms with Gasteiger partial charge in [0.05, 0.1) is 6.54 Å². The number of nitrogens with two attached hydrogens (primary N) is 1. The number of amides is 1. The summed E-state index contributed by atoms with van der Waals surface area (Å²) in [6.45, 7) is 4.21. The maximum atomic E-state index is 11.8. The molecule has 0 aliphatic heterocycles. The van der Waals surface area contributed by atoms with Crippen LogP contribution in [0.25, 0.3) is 0 Å². The molecule has 0 atom stereocenters. The van der Waals surface area contributed by atoms with Crippen LogP contribution < -0.4 is 5.73 Å². The molecule has 0 fully saturated rings. The summed E-state index contributed by atoms with van der Waals surface area (Å²) in [5, 5.41) is 0. The monoisotopic (exact) mass is 224 g/mol. The Morgan fingerprint density at radius 1 is 1.62 bits per heavy atom. The van der Waals surface area contributed by atoms with Gasteiger partial charge in [0.2, 0.25) is 5.91 Å². The minimum atomic E-state index is -0.465. The van der Waals surface area contributed by atoms with E-state index < -0.39 is 5.54 Å². The lowest BCUT2D eigenvalue weighted by molar-refractivity contribution is -0.131. The second-order valence-corrected chi connectivity index (χ2v) is 4.87. The Labute approximate surface area is 96.3 Å². The van der Waals surface area contributed by atoms with Crippen LogP contribution in [0, 0.1) is 0 Å². The zero-order valence-electron chi connectivity index (χ0n) is 10.4. The van der Waals surface area contributed by atoms with E-state index >= 15 is 0 Å². The SMILES string of the molecule is CN(Cc1nccn1C)C(=O)CC(C)(C)N. The van der Waals surface area contributed by atoms with Gasteiger partial charge >= 0.3 is 0 Å². The first-order valence-corrected chi connectivity index (χ1v) is 5.28. The molecule has 0 unspecified atom stereocenters. The lowest BCUT2D eigenvalue weighted by Crippen LogP contribution is -2.39. The summed E-state index contributed by atoms with van der Waals surface area (Å²) >= 11 is 0. The molecule has 5 nitrogen and oxygen atoms in total. The fourth-order valence-electron chi connectivity index (χ4n) is 1.37. The zero-order valence-corrected chi connectivity index (χ0v) is 10.4. The van der Waals surface area contributed by atoms with E-state index in [1.54, 1.807) is 18.1 Å². The van der Waals surface area contributed by atoms with Gasteiger partial charge in [-0.3, -0.25) is 4.79 Å². The predicted molar refractivity (Wildman–Crippen MR) is 62.6 cm³/mol. The van der Waals surface area contributed by atoms with Crippen LogP contribution in [0.5, 0.6) is 0 Å². The molecule has 0 saturated heterocycles. The van der Waals surface area contributed by atoms with E-state index in [0.29, 0.717) is 13.0 Å². The molecule has 5 heteroatoms. The molecule has 0 bridgehead atoms. The lowest BCUT2D eigenvalue weighted by Gasteiger charge is -2.23. The largest absolute Gasteiger partial charge is 0.338 e. The number of nitrogens with zero attached hydrogens (tertiary/aromatic N) is 3. The van der Waals surface area contributed by atoms with E-state index in [-0.39, 0.29) is 5.91 Å². The highest BCUT2D eigenvalue weighted by atomic mass is 16.2. The van der Waals surface area contributed by atoms with Crippen molar-refractivity contribution in [2.75, 3.05) is 7.05 Å². The second-order valence-electron chi connectivity index (χ2n) is 4.87. The molecule has 1 rings (SSSR count). The van der Waals surface area contributed by atoms with Crippen LogP contribution >= 0.6 is 0 Å². The zero-order chi connectivity index (χ0) is 12.3. The fraction of sp³-hybridized carbons (Fsp3) is 0.636. The molecule has 90 valence electrons. The van der Waals surface area contributed by atoms with E-state index in [4.69, 9.17) is 5.73 Å². The topological polar surface area (TPSA) is 64.2 Å². The molecule has 0 radical (unpaired) electrons. The van der Waals surface area contributed by atoms with Crippen LogP contribution in [0.15, 0.2) is 12.4 Å². The van der Waals surface area contributed by atoms with Gasteiger partial charge in [-0.2, -0.15) is 0 Å². The Kier molecular flexibility index (Phi) is 3.70. The Balaban J connectivity index is 2.56. The number of hydrogen-bond donors (Lipinski definition) is 1. The molecule has 0 aromatic carbocycles. The third-order valence-corrected chi connectivity index (χ3v) is 2.33. The molecule has 0 aliphatic rings. The standard InChI is InChI=1S/C11H20N4O/c1-11(2,12)7-10(16)15(4)8-9-13-5-6-14(9)3/h5-6H,7-8,12H2,1-4H3. The van der Waals surface area contributed by atoms with Gasteiger partial charge in [-0.15, -0.1) is 0 Å². The molecule has 0 spiro atoms. The number of carbonyl (C=O) groups excluding carboxylic acids is 1. The summed E-state index contributed by atoms with van der Waals surface area (Å²) in [4.78, 5) is 17.6. The molecular formula is C11H20N4O. The fourth-order valence-corrected chi connectivity index (χ4v) is 1.37. The highest BCUT2D eigenvalue weighted by Crippen LogP contribution is 2.08. The average Bonchev–Trinajstić information content (AvgIpc) is 2.49. The summed E-state index contributed by atoms with van der Waals surface area (Å²) in [5.41, 5.74) is 5.34. The molecule has 1 heterocycles. The van der Waals surface area contributed by atoms with E-state index in [9.17, 15) is 4.79 Å². The minimum absolute atomic E-state index is 0.0375. The van der Waals surface area contributed by atoms with Gasteiger partial charge in [-0.05, 0) is 13.8 Å². The smallest absolute Gasteiger partial charge is 0.224 e. The number of aromatic nitrogens is 2. The van der Waals surface area contributed by atoms with Gasteiger partial charge < -0.3 is 15.2 Å². The van der Waals surface area contributed by atoms with Crippen molar-refractivity contribution in [3.63, 3.8) is 0 Å². The van der Waals surface area contributed by atoms with Crippen molar-refractivity contribution in [1.82, 2.24) is 14.5 Å². The van der Waals surface area contributed by atoms with E-state index in [0.717, 1.165) is 5.82 Å². The van der Waals surface area contributed by atoms with Crippen molar-refractivity contribution in [3.8, 4) is 0 Å². The van der Waals surface area contributed by atoms with Crippen molar-refractivity contribution in [2.24, 2.45) is 12.8 Å². The maximum absolute atomic E-state index is 11.8. The molecule has 16 heavy (non-hydrogen) atoms.